The summed E-state index contributed by atoms with van der Waals surface area (Å²) in [5, 5.41) is 17.3. The molecule has 3 atom stereocenters. The standard InChI is InChI=1S/C8H17N5O3.Na.2H2O/c9-8-11-6-5(7(15)12-8)10-3-13(6)4-16-2-1-14;;;/h5-6,8,10-11,14H,1-4,9H2,(H,12,15);;2*1H2. The molecule has 1 amide bonds. The fourth-order valence-corrected chi connectivity index (χ4v) is 1.92. The zero-order chi connectivity index (χ0) is 11.5. The fraction of sp³-hybridized carbons (Fsp3) is 0.875. The largest absolute Gasteiger partial charge is 0.412 e. The summed E-state index contributed by atoms with van der Waals surface area (Å²) in [6.45, 7) is 1.17. The number of amides is 1. The molecule has 0 saturated carbocycles. The third-order valence-corrected chi connectivity index (χ3v) is 2.65. The second kappa shape index (κ2) is 9.96. The Labute approximate surface area is 132 Å². The normalized spacial score (nSPS) is 29.4. The third kappa shape index (κ3) is 5.21. The van der Waals surface area contributed by atoms with Gasteiger partial charge in [0.25, 0.3) is 0 Å². The van der Waals surface area contributed by atoms with Gasteiger partial charge in [-0.1, -0.05) is 0 Å². The van der Waals surface area contributed by atoms with Crippen molar-refractivity contribution >= 4 is 35.5 Å². The average Bonchev–Trinajstić information content (AvgIpc) is 2.62. The van der Waals surface area contributed by atoms with Crippen LogP contribution in [-0.4, -0.2) is 102 Å². The molecule has 2 fully saturated rings. The van der Waals surface area contributed by atoms with Crippen LogP contribution in [0.15, 0.2) is 0 Å². The molecular formula is C8H21N5NaO5. The van der Waals surface area contributed by atoms with Crippen molar-refractivity contribution in [3.63, 3.8) is 0 Å². The Kier molecular flexibility index (Phi) is 11.2. The van der Waals surface area contributed by atoms with Crippen LogP contribution in [0.25, 0.3) is 0 Å². The van der Waals surface area contributed by atoms with E-state index in [0.29, 0.717) is 13.4 Å². The molecule has 0 aromatic heterocycles. The molecule has 1 radical (unpaired) electrons. The first kappa shape index (κ1) is 21.4. The van der Waals surface area contributed by atoms with Gasteiger partial charge in [0, 0.05) is 29.6 Å². The summed E-state index contributed by atoms with van der Waals surface area (Å²) in [4.78, 5) is 13.5. The number of nitrogens with zero attached hydrogens (tertiary/aromatic N) is 1. The Morgan fingerprint density at radius 1 is 1.47 bits per heavy atom. The first-order valence-electron chi connectivity index (χ1n) is 5.20. The summed E-state index contributed by atoms with van der Waals surface area (Å²) < 4.78 is 5.21. The SMILES string of the molecule is NC1NC(=O)C2NCN(COCCO)C2N1.O.O.[Na]. The maximum atomic E-state index is 11.6. The summed E-state index contributed by atoms with van der Waals surface area (Å²) in [5.41, 5.74) is 5.62. The summed E-state index contributed by atoms with van der Waals surface area (Å²) in [6, 6.07) is -0.308. The van der Waals surface area contributed by atoms with E-state index in [9.17, 15) is 4.79 Å². The second-order valence-corrected chi connectivity index (χ2v) is 3.79. The zero-order valence-corrected chi connectivity index (χ0v) is 12.8. The molecule has 10 nitrogen and oxygen atoms in total. The number of nitrogens with two attached hydrogens (primary N) is 1. The van der Waals surface area contributed by atoms with Gasteiger partial charge in [0.2, 0.25) is 5.91 Å². The van der Waals surface area contributed by atoms with Crippen molar-refractivity contribution in [1.82, 2.24) is 20.9 Å². The maximum Gasteiger partial charge on any atom is 0.242 e. The van der Waals surface area contributed by atoms with Crippen molar-refractivity contribution in [2.24, 2.45) is 5.73 Å². The van der Waals surface area contributed by atoms with Gasteiger partial charge >= 0.3 is 0 Å². The monoisotopic (exact) mass is 290 g/mol. The van der Waals surface area contributed by atoms with Crippen molar-refractivity contribution < 1.29 is 25.6 Å². The molecule has 2 rings (SSSR count). The van der Waals surface area contributed by atoms with E-state index >= 15 is 0 Å². The number of aliphatic hydroxyl groups excluding tert-OH is 1. The van der Waals surface area contributed by atoms with Crippen molar-refractivity contribution in [3.05, 3.63) is 0 Å². The minimum absolute atomic E-state index is 0. The summed E-state index contributed by atoms with van der Waals surface area (Å²) in [7, 11) is 0. The number of ether oxygens (including phenoxy) is 1. The van der Waals surface area contributed by atoms with E-state index in [1.807, 2.05) is 4.90 Å². The molecule has 10 N–H and O–H groups in total. The van der Waals surface area contributed by atoms with E-state index in [2.05, 4.69) is 16.0 Å². The molecule has 0 spiro atoms. The molecule has 0 aliphatic carbocycles. The van der Waals surface area contributed by atoms with Crippen molar-refractivity contribution in [1.29, 1.82) is 0 Å². The molecule has 0 aromatic carbocycles. The number of rotatable bonds is 4. The topological polar surface area (TPSA) is 175 Å². The number of carbonyl (C=O) groups is 1. The molecule has 2 saturated heterocycles. The molecular weight excluding hydrogens is 269 g/mol. The van der Waals surface area contributed by atoms with Crippen LogP contribution in [0.5, 0.6) is 0 Å². The Balaban J connectivity index is 0. The molecule has 19 heavy (non-hydrogen) atoms. The first-order chi connectivity index (χ1) is 7.72. The molecule has 2 aliphatic heterocycles. The molecule has 0 bridgehead atoms. The Bertz CT molecular complexity index is 274. The maximum absolute atomic E-state index is 11.6. The van der Waals surface area contributed by atoms with Crippen LogP contribution in [0.3, 0.4) is 0 Å². The molecule has 3 unspecified atom stereocenters. The first-order valence-corrected chi connectivity index (χ1v) is 5.20. The van der Waals surface area contributed by atoms with Crippen LogP contribution in [0.1, 0.15) is 0 Å². The quantitative estimate of drug-likeness (QED) is 0.253. The summed E-state index contributed by atoms with van der Waals surface area (Å²) in [6.07, 6.45) is -0.698. The van der Waals surface area contributed by atoms with Gasteiger partial charge in [0.05, 0.1) is 26.0 Å². The van der Waals surface area contributed by atoms with E-state index in [0.717, 1.165) is 0 Å². The fourth-order valence-electron chi connectivity index (χ4n) is 1.92. The molecule has 11 heteroatoms. The van der Waals surface area contributed by atoms with Crippen LogP contribution in [-0.2, 0) is 9.53 Å². The van der Waals surface area contributed by atoms with E-state index in [-0.39, 0.29) is 71.8 Å². The summed E-state index contributed by atoms with van der Waals surface area (Å²) >= 11 is 0. The molecule has 2 aliphatic rings. The molecule has 2 heterocycles. The van der Waals surface area contributed by atoms with Crippen LogP contribution >= 0.6 is 0 Å². The van der Waals surface area contributed by atoms with E-state index in [4.69, 9.17) is 15.6 Å². The van der Waals surface area contributed by atoms with E-state index < -0.39 is 6.29 Å². The van der Waals surface area contributed by atoms with Gasteiger partial charge in [0.15, 0.2) is 0 Å². The third-order valence-electron chi connectivity index (χ3n) is 2.65. The van der Waals surface area contributed by atoms with Gasteiger partial charge in [-0.25, -0.2) is 0 Å². The molecule has 0 aromatic rings. The minimum Gasteiger partial charge on any atom is -0.412 e. The zero-order valence-electron chi connectivity index (χ0n) is 10.8. The van der Waals surface area contributed by atoms with Gasteiger partial charge in [-0.2, -0.15) is 0 Å². The van der Waals surface area contributed by atoms with Gasteiger partial charge in [-0.05, 0) is 0 Å². The predicted molar refractivity (Wildman–Crippen MR) is 67.6 cm³/mol. The van der Waals surface area contributed by atoms with Crippen LogP contribution < -0.4 is 21.7 Å². The van der Waals surface area contributed by atoms with Crippen LogP contribution in [0, 0.1) is 0 Å². The van der Waals surface area contributed by atoms with Gasteiger partial charge in [-0.3, -0.25) is 26.1 Å². The number of carbonyl (C=O) groups excluding carboxylic acids is 1. The molecule has 109 valence electrons. The number of fused-ring (bicyclic) bond motifs is 1. The second-order valence-electron chi connectivity index (χ2n) is 3.79. The number of aliphatic hydroxyl groups is 1. The van der Waals surface area contributed by atoms with Gasteiger partial charge in [-0.15, -0.1) is 0 Å². The average molecular weight is 290 g/mol. The van der Waals surface area contributed by atoms with Gasteiger partial charge in [0.1, 0.15) is 19.1 Å². The number of hydrogen-bond donors (Lipinski definition) is 5. The minimum atomic E-state index is -0.533. The van der Waals surface area contributed by atoms with Crippen molar-refractivity contribution in [3.8, 4) is 0 Å². The van der Waals surface area contributed by atoms with Crippen molar-refractivity contribution in [2.75, 3.05) is 26.6 Å². The smallest absolute Gasteiger partial charge is 0.242 e. The van der Waals surface area contributed by atoms with E-state index in [1.165, 1.54) is 0 Å². The number of hydrogen-bond acceptors (Lipinski definition) is 7. The Morgan fingerprint density at radius 3 is 2.79 bits per heavy atom. The number of nitrogens with one attached hydrogen (secondary N) is 3. The van der Waals surface area contributed by atoms with Crippen LogP contribution in [0.2, 0.25) is 0 Å². The summed E-state index contributed by atoms with van der Waals surface area (Å²) in [5.74, 6) is -0.110. The predicted octanol–water partition coefficient (Wildman–Crippen LogP) is -5.56. The Morgan fingerprint density at radius 2 is 2.16 bits per heavy atom. The van der Waals surface area contributed by atoms with E-state index in [1.54, 1.807) is 0 Å². The van der Waals surface area contributed by atoms with Crippen LogP contribution in [0.4, 0.5) is 0 Å². The van der Waals surface area contributed by atoms with Gasteiger partial charge < -0.3 is 26.1 Å². The van der Waals surface area contributed by atoms with Crippen molar-refractivity contribution in [2.45, 2.75) is 18.5 Å². The Hall–Kier alpha value is 0.150.